The summed E-state index contributed by atoms with van der Waals surface area (Å²) in [5, 5.41) is 0. The molecule has 0 saturated carbocycles. The molecular formula is C10H12O2. The number of hydrogen-bond acceptors (Lipinski definition) is 2. The van der Waals surface area contributed by atoms with Gasteiger partial charge in [0.05, 0.1) is 6.61 Å². The zero-order chi connectivity index (χ0) is 10.9. The Labute approximate surface area is 76.3 Å². The second-order valence-corrected chi connectivity index (χ2v) is 2.79. The van der Waals surface area contributed by atoms with Crippen molar-refractivity contribution in [1.82, 2.24) is 0 Å². The zero-order valence-corrected chi connectivity index (χ0v) is 6.62. The maximum Gasteiger partial charge on any atom is 0.119 e. The molecule has 1 heterocycles. The Morgan fingerprint density at radius 2 is 2.67 bits per heavy atom. The van der Waals surface area contributed by atoms with Gasteiger partial charge in [-0.05, 0) is 24.5 Å². The van der Waals surface area contributed by atoms with E-state index < -0.39 is 6.85 Å². The van der Waals surface area contributed by atoms with E-state index in [1.165, 1.54) is 0 Å². The summed E-state index contributed by atoms with van der Waals surface area (Å²) in [4.78, 5) is 0. The Morgan fingerprint density at radius 3 is 3.42 bits per heavy atom. The summed E-state index contributed by atoms with van der Waals surface area (Å²) in [6.45, 7) is -0.848. The van der Waals surface area contributed by atoms with E-state index in [0.29, 0.717) is 17.9 Å². The molecule has 1 aliphatic rings. The van der Waals surface area contributed by atoms with E-state index >= 15 is 0 Å². The highest BCUT2D eigenvalue weighted by Crippen LogP contribution is 2.15. The van der Waals surface area contributed by atoms with E-state index in [1.807, 2.05) is 0 Å². The van der Waals surface area contributed by atoms with E-state index in [0.717, 1.165) is 6.61 Å². The number of aryl methyl sites for hydroxylation is 1. The minimum Gasteiger partial charge on any atom is -0.491 e. The molecule has 0 bridgehead atoms. The van der Waals surface area contributed by atoms with Crippen molar-refractivity contribution < 1.29 is 13.6 Å². The standard InChI is InChI=1S/C10H12O2/c1-8-3-2-4-9(5-8)11-6-10-7-12-10/h2-5,10H,6-7H2,1H3/i1D3. The molecule has 2 nitrogen and oxygen atoms in total. The Bertz CT molecular complexity index is 345. The number of epoxide rings is 1. The highest BCUT2D eigenvalue weighted by Gasteiger charge is 2.22. The monoisotopic (exact) mass is 167 g/mol. The van der Waals surface area contributed by atoms with Crippen LogP contribution >= 0.6 is 0 Å². The van der Waals surface area contributed by atoms with Crippen LogP contribution < -0.4 is 4.74 Å². The minimum atomic E-state index is -2.07. The molecule has 0 aliphatic carbocycles. The number of ether oxygens (including phenoxy) is 2. The molecule has 1 atom stereocenters. The molecule has 0 amide bonds. The largest absolute Gasteiger partial charge is 0.491 e. The van der Waals surface area contributed by atoms with E-state index in [2.05, 4.69) is 0 Å². The molecule has 0 aromatic heterocycles. The van der Waals surface area contributed by atoms with Crippen LogP contribution in [0.5, 0.6) is 5.75 Å². The topological polar surface area (TPSA) is 21.8 Å². The van der Waals surface area contributed by atoms with Crippen LogP contribution in [0, 0.1) is 6.85 Å². The van der Waals surface area contributed by atoms with Gasteiger partial charge in [0.25, 0.3) is 0 Å². The normalized spacial score (nSPS) is 25.3. The van der Waals surface area contributed by atoms with E-state index in [9.17, 15) is 0 Å². The summed E-state index contributed by atoms with van der Waals surface area (Å²) in [5.41, 5.74) is 0.303. The lowest BCUT2D eigenvalue weighted by atomic mass is 10.2. The second kappa shape index (κ2) is 3.15. The van der Waals surface area contributed by atoms with Gasteiger partial charge in [-0.25, -0.2) is 0 Å². The Balaban J connectivity index is 2.04. The summed E-state index contributed by atoms with van der Waals surface area (Å²) in [7, 11) is 0. The lowest BCUT2D eigenvalue weighted by Crippen LogP contribution is -2.03. The fourth-order valence-corrected chi connectivity index (χ4v) is 0.939. The first kappa shape index (κ1) is 4.87. The van der Waals surface area contributed by atoms with Crippen LogP contribution in [0.4, 0.5) is 0 Å². The van der Waals surface area contributed by atoms with Crippen molar-refractivity contribution in [2.75, 3.05) is 13.2 Å². The SMILES string of the molecule is [2H]C([2H])([2H])c1cccc(OCC2CO2)c1. The van der Waals surface area contributed by atoms with Crippen molar-refractivity contribution in [3.63, 3.8) is 0 Å². The molecule has 2 rings (SSSR count). The van der Waals surface area contributed by atoms with Crippen LogP contribution in [-0.4, -0.2) is 19.3 Å². The van der Waals surface area contributed by atoms with Crippen LogP contribution in [0.15, 0.2) is 24.3 Å². The smallest absolute Gasteiger partial charge is 0.119 e. The molecule has 1 aromatic rings. The van der Waals surface area contributed by atoms with Gasteiger partial charge in [0.2, 0.25) is 0 Å². The number of benzene rings is 1. The maximum atomic E-state index is 7.25. The Morgan fingerprint density at radius 1 is 1.75 bits per heavy atom. The average molecular weight is 167 g/mol. The summed E-state index contributed by atoms with van der Waals surface area (Å²) in [6.07, 6.45) is 0.182. The average Bonchev–Trinajstić information content (AvgIpc) is 2.97. The van der Waals surface area contributed by atoms with Crippen molar-refractivity contribution in [1.29, 1.82) is 0 Å². The van der Waals surface area contributed by atoms with Crippen LogP contribution in [0.3, 0.4) is 0 Å². The van der Waals surface area contributed by atoms with Crippen LogP contribution in [0.2, 0.25) is 0 Å². The molecule has 64 valence electrons. The van der Waals surface area contributed by atoms with Gasteiger partial charge >= 0.3 is 0 Å². The fraction of sp³-hybridized carbons (Fsp3) is 0.400. The molecule has 0 radical (unpaired) electrons. The van der Waals surface area contributed by atoms with Gasteiger partial charge in [0.15, 0.2) is 0 Å². The third-order valence-corrected chi connectivity index (χ3v) is 1.67. The predicted molar refractivity (Wildman–Crippen MR) is 46.4 cm³/mol. The minimum absolute atomic E-state index is 0.182. The third kappa shape index (κ3) is 1.98. The number of rotatable bonds is 3. The molecule has 0 spiro atoms. The predicted octanol–water partition coefficient (Wildman–Crippen LogP) is 1.77. The zero-order valence-electron chi connectivity index (χ0n) is 9.62. The van der Waals surface area contributed by atoms with Crippen molar-refractivity contribution in [3.8, 4) is 5.75 Å². The van der Waals surface area contributed by atoms with Crippen LogP contribution in [-0.2, 0) is 4.74 Å². The van der Waals surface area contributed by atoms with Crippen molar-refractivity contribution in [2.45, 2.75) is 13.0 Å². The van der Waals surface area contributed by atoms with Crippen LogP contribution in [0.1, 0.15) is 9.68 Å². The Kier molecular flexibility index (Phi) is 1.28. The molecule has 0 N–H and O–H groups in total. The first-order valence-corrected chi connectivity index (χ1v) is 3.91. The van der Waals surface area contributed by atoms with Crippen molar-refractivity contribution >= 4 is 0 Å². The second-order valence-electron chi connectivity index (χ2n) is 2.79. The summed E-state index contributed by atoms with van der Waals surface area (Å²) >= 11 is 0. The van der Waals surface area contributed by atoms with Crippen molar-refractivity contribution in [2.24, 2.45) is 0 Å². The van der Waals surface area contributed by atoms with Crippen molar-refractivity contribution in [3.05, 3.63) is 29.8 Å². The fourth-order valence-electron chi connectivity index (χ4n) is 0.939. The maximum absolute atomic E-state index is 7.25. The van der Waals surface area contributed by atoms with Gasteiger partial charge in [-0.15, -0.1) is 0 Å². The van der Waals surface area contributed by atoms with Gasteiger partial charge in [-0.2, -0.15) is 0 Å². The molecule has 2 heteroatoms. The highest BCUT2D eigenvalue weighted by molar-refractivity contribution is 5.27. The highest BCUT2D eigenvalue weighted by atomic mass is 16.6. The first-order valence-electron chi connectivity index (χ1n) is 5.41. The third-order valence-electron chi connectivity index (χ3n) is 1.67. The van der Waals surface area contributed by atoms with E-state index in [1.54, 1.807) is 24.3 Å². The van der Waals surface area contributed by atoms with Gasteiger partial charge < -0.3 is 9.47 Å². The molecule has 12 heavy (non-hydrogen) atoms. The lowest BCUT2D eigenvalue weighted by molar-refractivity contribution is 0.263. The van der Waals surface area contributed by atoms with Gasteiger partial charge in [0.1, 0.15) is 18.5 Å². The summed E-state index contributed by atoms with van der Waals surface area (Å²) in [5.74, 6) is 0.583. The quantitative estimate of drug-likeness (QED) is 0.640. The van der Waals surface area contributed by atoms with Crippen LogP contribution in [0.25, 0.3) is 0 Å². The van der Waals surface area contributed by atoms with Gasteiger partial charge in [-0.3, -0.25) is 0 Å². The van der Waals surface area contributed by atoms with E-state index in [-0.39, 0.29) is 6.10 Å². The molecule has 1 aromatic carbocycles. The molecule has 1 unspecified atom stereocenters. The lowest BCUT2D eigenvalue weighted by Gasteiger charge is -2.03. The van der Waals surface area contributed by atoms with Gasteiger partial charge in [0, 0.05) is 4.11 Å². The first-order chi connectivity index (χ1) is 7.05. The molecule has 1 aliphatic heterocycles. The molecular weight excluding hydrogens is 152 g/mol. The van der Waals surface area contributed by atoms with E-state index in [4.69, 9.17) is 13.6 Å². The molecule has 1 fully saturated rings. The molecule has 1 saturated heterocycles. The summed E-state index contributed by atoms with van der Waals surface area (Å²) in [6, 6.07) is 6.56. The Hall–Kier alpha value is -1.02. The summed E-state index contributed by atoms with van der Waals surface area (Å²) < 4.78 is 32.1. The number of hydrogen-bond donors (Lipinski definition) is 0. The van der Waals surface area contributed by atoms with Gasteiger partial charge in [-0.1, -0.05) is 12.1 Å².